The Morgan fingerprint density at radius 1 is 1.19 bits per heavy atom. The molecular formula is C11H10N4O. The summed E-state index contributed by atoms with van der Waals surface area (Å²) < 4.78 is 0. The number of aromatic nitrogens is 2. The molecule has 2 rings (SSSR count). The predicted molar refractivity (Wildman–Crippen MR) is 61.6 cm³/mol. The van der Waals surface area contributed by atoms with Gasteiger partial charge in [-0.25, -0.2) is 9.97 Å². The molecule has 0 aliphatic rings. The van der Waals surface area contributed by atoms with Crippen molar-refractivity contribution in [3.05, 3.63) is 42.2 Å². The molecule has 1 heterocycles. The quantitative estimate of drug-likeness (QED) is 0.759. The molecule has 5 heteroatoms. The molecule has 0 radical (unpaired) electrons. The monoisotopic (exact) mass is 214 g/mol. The molecule has 0 amide bonds. The van der Waals surface area contributed by atoms with E-state index in [1.807, 2.05) is 6.07 Å². The number of benzene rings is 1. The minimum atomic E-state index is 0.217. The summed E-state index contributed by atoms with van der Waals surface area (Å²) in [6.07, 6.45) is 3.91. The van der Waals surface area contributed by atoms with E-state index in [4.69, 9.17) is 5.73 Å². The van der Waals surface area contributed by atoms with Crippen molar-refractivity contribution in [3.8, 4) is 0 Å². The number of hydrogen-bond donors (Lipinski definition) is 2. The number of nitrogens with one attached hydrogen (secondary N) is 1. The van der Waals surface area contributed by atoms with E-state index in [1.54, 1.807) is 30.6 Å². The van der Waals surface area contributed by atoms with E-state index in [1.165, 1.54) is 0 Å². The van der Waals surface area contributed by atoms with Gasteiger partial charge in [0.25, 0.3) is 0 Å². The van der Waals surface area contributed by atoms with E-state index in [-0.39, 0.29) is 5.95 Å². The Kier molecular flexibility index (Phi) is 2.77. The van der Waals surface area contributed by atoms with Crippen LogP contribution in [0.25, 0.3) is 0 Å². The highest BCUT2D eigenvalue weighted by Crippen LogP contribution is 2.18. The first-order valence-electron chi connectivity index (χ1n) is 4.68. The molecule has 1 aromatic carbocycles. The summed E-state index contributed by atoms with van der Waals surface area (Å²) in [4.78, 5) is 18.5. The third kappa shape index (κ3) is 2.14. The molecule has 0 fully saturated rings. The molecule has 1 aromatic heterocycles. The predicted octanol–water partition coefficient (Wildman–Crippen LogP) is 1.61. The minimum Gasteiger partial charge on any atom is -0.368 e. The number of nitrogens with two attached hydrogens (primary N) is 1. The maximum absolute atomic E-state index is 10.8. The molecule has 0 bridgehead atoms. The maximum Gasteiger partial charge on any atom is 0.220 e. The lowest BCUT2D eigenvalue weighted by Gasteiger charge is -2.07. The summed E-state index contributed by atoms with van der Waals surface area (Å²) in [5.41, 5.74) is 7.35. The van der Waals surface area contributed by atoms with E-state index in [2.05, 4.69) is 15.3 Å². The van der Waals surface area contributed by atoms with Crippen LogP contribution in [-0.2, 0) is 0 Å². The van der Waals surface area contributed by atoms with Crippen molar-refractivity contribution in [1.29, 1.82) is 0 Å². The van der Waals surface area contributed by atoms with Crippen LogP contribution in [0.5, 0.6) is 0 Å². The summed E-state index contributed by atoms with van der Waals surface area (Å²) in [5.74, 6) is 0.217. The lowest BCUT2D eigenvalue weighted by Crippen LogP contribution is -1.98. The number of carbonyl (C=O) groups excluding carboxylic acids is 1. The molecule has 80 valence electrons. The Hall–Kier alpha value is -2.43. The van der Waals surface area contributed by atoms with Crippen LogP contribution >= 0.6 is 0 Å². The number of carbonyl (C=O) groups is 1. The van der Waals surface area contributed by atoms with Crippen LogP contribution in [0.4, 0.5) is 17.3 Å². The zero-order valence-corrected chi connectivity index (χ0v) is 8.42. The second-order valence-electron chi connectivity index (χ2n) is 3.16. The number of nitrogens with zero attached hydrogens (tertiary/aromatic N) is 2. The van der Waals surface area contributed by atoms with Gasteiger partial charge in [0.15, 0.2) is 6.29 Å². The van der Waals surface area contributed by atoms with Crippen LogP contribution in [-0.4, -0.2) is 16.3 Å². The number of rotatable bonds is 3. The summed E-state index contributed by atoms with van der Waals surface area (Å²) in [6, 6.07) is 7.18. The molecule has 16 heavy (non-hydrogen) atoms. The summed E-state index contributed by atoms with van der Waals surface area (Å²) in [7, 11) is 0. The third-order valence-electron chi connectivity index (χ3n) is 2.04. The minimum absolute atomic E-state index is 0.217. The molecule has 0 unspecified atom stereocenters. The van der Waals surface area contributed by atoms with Crippen molar-refractivity contribution >= 4 is 23.6 Å². The van der Waals surface area contributed by atoms with Gasteiger partial charge in [0.05, 0.1) is 18.1 Å². The van der Waals surface area contributed by atoms with Crippen LogP contribution in [0.15, 0.2) is 36.7 Å². The summed E-state index contributed by atoms with van der Waals surface area (Å²) in [6.45, 7) is 0. The van der Waals surface area contributed by atoms with Gasteiger partial charge in [-0.1, -0.05) is 12.1 Å². The van der Waals surface area contributed by atoms with E-state index in [0.717, 1.165) is 6.29 Å². The lowest BCUT2D eigenvalue weighted by atomic mass is 10.2. The van der Waals surface area contributed by atoms with Crippen molar-refractivity contribution in [2.75, 3.05) is 11.1 Å². The van der Waals surface area contributed by atoms with Gasteiger partial charge in [0, 0.05) is 11.3 Å². The van der Waals surface area contributed by atoms with Crippen LogP contribution in [0.1, 0.15) is 10.4 Å². The maximum atomic E-state index is 10.8. The number of hydrogen-bond acceptors (Lipinski definition) is 5. The van der Waals surface area contributed by atoms with Gasteiger partial charge in [0.2, 0.25) is 5.95 Å². The van der Waals surface area contributed by atoms with Crippen molar-refractivity contribution in [1.82, 2.24) is 9.97 Å². The first-order valence-corrected chi connectivity index (χ1v) is 4.68. The fourth-order valence-electron chi connectivity index (χ4n) is 1.27. The second kappa shape index (κ2) is 4.39. The van der Waals surface area contributed by atoms with Gasteiger partial charge in [-0.3, -0.25) is 4.79 Å². The molecular weight excluding hydrogens is 204 g/mol. The molecule has 0 saturated heterocycles. The van der Waals surface area contributed by atoms with Crippen LogP contribution in [0.2, 0.25) is 0 Å². The SMILES string of the molecule is Nc1ncc(Nc2ccccc2C=O)cn1. The van der Waals surface area contributed by atoms with E-state index >= 15 is 0 Å². The van der Waals surface area contributed by atoms with Crippen LogP contribution in [0, 0.1) is 0 Å². The summed E-state index contributed by atoms with van der Waals surface area (Å²) >= 11 is 0. The molecule has 0 saturated carbocycles. The molecule has 0 atom stereocenters. The first-order chi connectivity index (χ1) is 7.79. The van der Waals surface area contributed by atoms with Gasteiger partial charge < -0.3 is 11.1 Å². The fourth-order valence-corrected chi connectivity index (χ4v) is 1.27. The molecule has 0 aliphatic carbocycles. The number of aldehydes is 1. The Morgan fingerprint density at radius 2 is 1.88 bits per heavy atom. The van der Waals surface area contributed by atoms with E-state index in [9.17, 15) is 4.79 Å². The van der Waals surface area contributed by atoms with Crippen LogP contribution in [0.3, 0.4) is 0 Å². The first kappa shape index (κ1) is 10.1. The van der Waals surface area contributed by atoms with Gasteiger partial charge in [-0.2, -0.15) is 0 Å². The van der Waals surface area contributed by atoms with Crippen molar-refractivity contribution in [3.63, 3.8) is 0 Å². The zero-order valence-electron chi connectivity index (χ0n) is 8.42. The Morgan fingerprint density at radius 3 is 2.56 bits per heavy atom. The lowest BCUT2D eigenvalue weighted by molar-refractivity contribution is 0.112. The zero-order chi connectivity index (χ0) is 11.4. The number of anilines is 3. The topological polar surface area (TPSA) is 80.9 Å². The average molecular weight is 214 g/mol. The highest BCUT2D eigenvalue weighted by Gasteiger charge is 2.01. The molecule has 0 aliphatic heterocycles. The van der Waals surface area contributed by atoms with Crippen molar-refractivity contribution < 1.29 is 4.79 Å². The largest absolute Gasteiger partial charge is 0.368 e. The normalized spacial score (nSPS) is 9.75. The molecule has 5 nitrogen and oxygen atoms in total. The van der Waals surface area contributed by atoms with Crippen molar-refractivity contribution in [2.24, 2.45) is 0 Å². The third-order valence-corrected chi connectivity index (χ3v) is 2.04. The number of para-hydroxylation sites is 1. The van der Waals surface area contributed by atoms with Crippen molar-refractivity contribution in [2.45, 2.75) is 0 Å². The van der Waals surface area contributed by atoms with E-state index in [0.29, 0.717) is 16.9 Å². The van der Waals surface area contributed by atoms with Gasteiger partial charge in [-0.05, 0) is 12.1 Å². The van der Waals surface area contributed by atoms with Gasteiger partial charge in [0.1, 0.15) is 0 Å². The molecule has 0 spiro atoms. The second-order valence-corrected chi connectivity index (χ2v) is 3.16. The summed E-state index contributed by atoms with van der Waals surface area (Å²) in [5, 5.41) is 3.04. The standard InChI is InChI=1S/C11H10N4O/c12-11-13-5-9(6-14-11)15-10-4-2-1-3-8(10)7-16/h1-7,15H,(H2,12,13,14). The Bertz CT molecular complexity index is 496. The van der Waals surface area contributed by atoms with Gasteiger partial charge in [-0.15, -0.1) is 0 Å². The smallest absolute Gasteiger partial charge is 0.220 e. The van der Waals surface area contributed by atoms with E-state index < -0.39 is 0 Å². The Balaban J connectivity index is 2.26. The van der Waals surface area contributed by atoms with Gasteiger partial charge >= 0.3 is 0 Å². The Labute approximate surface area is 92.3 Å². The highest BCUT2D eigenvalue weighted by atomic mass is 16.1. The molecule has 2 aromatic rings. The average Bonchev–Trinajstić information content (AvgIpc) is 2.33. The highest BCUT2D eigenvalue weighted by molar-refractivity contribution is 5.85. The van der Waals surface area contributed by atoms with Crippen LogP contribution < -0.4 is 11.1 Å². The fraction of sp³-hybridized carbons (Fsp3) is 0. The molecule has 3 N–H and O–H groups in total. The number of nitrogen functional groups attached to an aromatic ring is 1.